The number of primary amides is 1. The van der Waals surface area contributed by atoms with Crippen molar-refractivity contribution in [1.82, 2.24) is 14.4 Å². The maximum absolute atomic E-state index is 13.4. The van der Waals surface area contributed by atoms with Gasteiger partial charge in [0.1, 0.15) is 5.75 Å². The average molecular weight is 517 g/mol. The maximum atomic E-state index is 13.4. The SMILES string of the molecule is COc1ccc(CCn2c(C(=O)CN3CCN(C(=O)CCc4ccccc4)CC3)cc(C(N)=O)c2C)cc1. The minimum Gasteiger partial charge on any atom is -0.497 e. The molecule has 200 valence electrons. The molecule has 2 amide bonds. The molecule has 4 rings (SSSR count). The van der Waals surface area contributed by atoms with Crippen LogP contribution in [-0.2, 0) is 24.2 Å². The zero-order valence-corrected chi connectivity index (χ0v) is 22.2. The molecule has 0 spiro atoms. The van der Waals surface area contributed by atoms with Crippen LogP contribution in [0.4, 0.5) is 0 Å². The molecule has 1 aliphatic heterocycles. The second kappa shape index (κ2) is 12.6. The van der Waals surface area contributed by atoms with E-state index in [1.165, 1.54) is 0 Å². The van der Waals surface area contributed by atoms with Crippen molar-refractivity contribution in [2.24, 2.45) is 5.73 Å². The molecule has 1 aliphatic rings. The van der Waals surface area contributed by atoms with Crippen molar-refractivity contribution in [2.45, 2.75) is 32.7 Å². The van der Waals surface area contributed by atoms with Gasteiger partial charge in [-0.15, -0.1) is 0 Å². The predicted molar refractivity (Wildman–Crippen MR) is 146 cm³/mol. The molecule has 0 radical (unpaired) electrons. The second-order valence-electron chi connectivity index (χ2n) is 9.71. The number of carbonyl (C=O) groups is 3. The van der Waals surface area contributed by atoms with Gasteiger partial charge in [-0.05, 0) is 49.1 Å². The van der Waals surface area contributed by atoms with Gasteiger partial charge in [0.15, 0.2) is 5.78 Å². The van der Waals surface area contributed by atoms with Gasteiger partial charge in [-0.25, -0.2) is 0 Å². The first kappa shape index (κ1) is 27.1. The van der Waals surface area contributed by atoms with E-state index in [0.29, 0.717) is 62.5 Å². The third-order valence-corrected chi connectivity index (χ3v) is 7.26. The van der Waals surface area contributed by atoms with E-state index in [9.17, 15) is 14.4 Å². The average Bonchev–Trinajstić information content (AvgIpc) is 3.28. The van der Waals surface area contributed by atoms with Crippen LogP contribution in [0.1, 0.15) is 44.1 Å². The first-order valence-electron chi connectivity index (χ1n) is 13.1. The monoisotopic (exact) mass is 516 g/mol. The maximum Gasteiger partial charge on any atom is 0.250 e. The lowest BCUT2D eigenvalue weighted by Gasteiger charge is -2.34. The van der Waals surface area contributed by atoms with Gasteiger partial charge >= 0.3 is 0 Å². The highest BCUT2D eigenvalue weighted by Crippen LogP contribution is 2.19. The summed E-state index contributed by atoms with van der Waals surface area (Å²) in [5.41, 5.74) is 9.42. The number of nitrogens with two attached hydrogens (primary N) is 1. The largest absolute Gasteiger partial charge is 0.497 e. The van der Waals surface area contributed by atoms with E-state index in [0.717, 1.165) is 23.3 Å². The zero-order chi connectivity index (χ0) is 27.1. The highest BCUT2D eigenvalue weighted by atomic mass is 16.5. The Morgan fingerprint density at radius 2 is 1.55 bits per heavy atom. The summed E-state index contributed by atoms with van der Waals surface area (Å²) in [6.45, 7) is 5.08. The van der Waals surface area contributed by atoms with Crippen molar-refractivity contribution in [3.8, 4) is 5.75 Å². The number of carbonyl (C=O) groups excluding carboxylic acids is 3. The van der Waals surface area contributed by atoms with Crippen LogP contribution in [0.3, 0.4) is 0 Å². The quantitative estimate of drug-likeness (QED) is 0.395. The number of ketones is 1. The summed E-state index contributed by atoms with van der Waals surface area (Å²) in [6, 6.07) is 19.4. The van der Waals surface area contributed by atoms with Crippen LogP contribution in [0.15, 0.2) is 60.7 Å². The lowest BCUT2D eigenvalue weighted by atomic mass is 10.1. The van der Waals surface area contributed by atoms with E-state index < -0.39 is 5.91 Å². The number of hydrogen-bond acceptors (Lipinski definition) is 5. The van der Waals surface area contributed by atoms with Gasteiger partial charge in [0.2, 0.25) is 5.91 Å². The van der Waals surface area contributed by atoms with Gasteiger partial charge in [-0.1, -0.05) is 42.5 Å². The van der Waals surface area contributed by atoms with Gasteiger partial charge in [0, 0.05) is 44.8 Å². The molecular weight excluding hydrogens is 480 g/mol. The highest BCUT2D eigenvalue weighted by molar-refractivity contribution is 6.01. The number of nitrogens with zero attached hydrogens (tertiary/aromatic N) is 3. The van der Waals surface area contributed by atoms with Gasteiger partial charge in [-0.3, -0.25) is 19.3 Å². The minimum absolute atomic E-state index is 0.0563. The highest BCUT2D eigenvalue weighted by Gasteiger charge is 2.25. The summed E-state index contributed by atoms with van der Waals surface area (Å²) in [4.78, 5) is 42.0. The fourth-order valence-corrected chi connectivity index (χ4v) is 4.94. The van der Waals surface area contributed by atoms with E-state index in [4.69, 9.17) is 10.5 Å². The molecule has 2 heterocycles. The molecule has 8 nitrogen and oxygen atoms in total. The molecule has 38 heavy (non-hydrogen) atoms. The van der Waals surface area contributed by atoms with E-state index in [-0.39, 0.29) is 18.2 Å². The number of rotatable bonds is 11. The molecule has 0 bridgehead atoms. The van der Waals surface area contributed by atoms with Gasteiger partial charge in [-0.2, -0.15) is 0 Å². The molecule has 2 N–H and O–H groups in total. The van der Waals surface area contributed by atoms with E-state index >= 15 is 0 Å². The zero-order valence-electron chi connectivity index (χ0n) is 22.2. The molecule has 3 aromatic rings. The number of benzene rings is 2. The number of ether oxygens (including phenoxy) is 1. The molecule has 1 fully saturated rings. The predicted octanol–water partition coefficient (Wildman–Crippen LogP) is 3.11. The Morgan fingerprint density at radius 3 is 2.18 bits per heavy atom. The normalized spacial score (nSPS) is 13.9. The van der Waals surface area contributed by atoms with Crippen molar-refractivity contribution in [1.29, 1.82) is 0 Å². The summed E-state index contributed by atoms with van der Waals surface area (Å²) in [5.74, 6) is 0.339. The smallest absolute Gasteiger partial charge is 0.250 e. The van der Waals surface area contributed by atoms with Crippen LogP contribution in [0.25, 0.3) is 0 Å². The lowest BCUT2D eigenvalue weighted by molar-refractivity contribution is -0.132. The minimum atomic E-state index is -0.539. The number of hydrogen-bond donors (Lipinski definition) is 1. The topological polar surface area (TPSA) is 97.9 Å². The third kappa shape index (κ3) is 6.69. The van der Waals surface area contributed by atoms with E-state index in [1.807, 2.05) is 71.0 Å². The Morgan fingerprint density at radius 1 is 0.895 bits per heavy atom. The lowest BCUT2D eigenvalue weighted by Crippen LogP contribution is -2.50. The Bertz CT molecular complexity index is 1260. The third-order valence-electron chi connectivity index (χ3n) is 7.26. The molecule has 8 heteroatoms. The number of piperazine rings is 1. The summed E-state index contributed by atoms with van der Waals surface area (Å²) < 4.78 is 7.12. The van der Waals surface area contributed by atoms with E-state index in [1.54, 1.807) is 13.2 Å². The Hall–Kier alpha value is -3.91. The fraction of sp³-hybridized carbons (Fsp3) is 0.367. The summed E-state index contributed by atoms with van der Waals surface area (Å²) >= 11 is 0. The van der Waals surface area contributed by atoms with Gasteiger partial charge in [0.25, 0.3) is 5.91 Å². The molecule has 1 saturated heterocycles. The Kier molecular flexibility index (Phi) is 8.97. The fourth-order valence-electron chi connectivity index (χ4n) is 4.94. The van der Waals surface area contributed by atoms with Crippen molar-refractivity contribution in [3.05, 3.63) is 88.7 Å². The number of aromatic nitrogens is 1. The number of Topliss-reactive ketones (excluding diaryl/α,β-unsaturated/α-hetero) is 1. The Balaban J connectivity index is 1.35. The van der Waals surface area contributed by atoms with Crippen molar-refractivity contribution in [2.75, 3.05) is 39.8 Å². The van der Waals surface area contributed by atoms with Crippen molar-refractivity contribution < 1.29 is 19.1 Å². The molecule has 0 unspecified atom stereocenters. The van der Waals surface area contributed by atoms with Gasteiger partial charge in [0.05, 0.1) is 24.9 Å². The number of amides is 2. The summed E-state index contributed by atoms with van der Waals surface area (Å²) in [5, 5.41) is 0. The van der Waals surface area contributed by atoms with Gasteiger partial charge < -0.3 is 19.9 Å². The van der Waals surface area contributed by atoms with E-state index in [2.05, 4.69) is 4.90 Å². The van der Waals surface area contributed by atoms with Crippen LogP contribution in [-0.4, -0.2) is 71.8 Å². The van der Waals surface area contributed by atoms with Crippen LogP contribution in [0, 0.1) is 6.92 Å². The first-order chi connectivity index (χ1) is 18.4. The second-order valence-corrected chi connectivity index (χ2v) is 9.71. The Labute approximate surface area is 224 Å². The standard InChI is InChI=1S/C30H36N4O4/c1-22-26(30(31)37)20-27(34(22)15-14-24-8-11-25(38-2)12-9-24)28(35)21-32-16-18-33(19-17-32)29(36)13-10-23-6-4-3-5-7-23/h3-9,11-12,20H,10,13-19,21H2,1-2H3,(H2,31,37). The molecule has 0 saturated carbocycles. The first-order valence-corrected chi connectivity index (χ1v) is 13.1. The summed E-state index contributed by atoms with van der Waals surface area (Å²) in [6.07, 6.45) is 1.91. The van der Waals surface area contributed by atoms with Crippen molar-refractivity contribution in [3.63, 3.8) is 0 Å². The molecule has 0 aliphatic carbocycles. The number of aryl methyl sites for hydroxylation is 2. The molecule has 1 aromatic heterocycles. The van der Waals surface area contributed by atoms with Crippen LogP contribution in [0.5, 0.6) is 5.75 Å². The summed E-state index contributed by atoms with van der Waals surface area (Å²) in [7, 11) is 1.63. The van der Waals surface area contributed by atoms with Crippen LogP contribution in [0.2, 0.25) is 0 Å². The van der Waals surface area contributed by atoms with Crippen molar-refractivity contribution >= 4 is 17.6 Å². The molecule has 2 aromatic carbocycles. The molecule has 0 atom stereocenters. The van der Waals surface area contributed by atoms with Crippen LogP contribution < -0.4 is 10.5 Å². The molecular formula is C30H36N4O4. The van der Waals surface area contributed by atoms with Crippen LogP contribution >= 0.6 is 0 Å². The number of methoxy groups -OCH3 is 1.